The fourth-order valence-corrected chi connectivity index (χ4v) is 1.74. The summed E-state index contributed by atoms with van der Waals surface area (Å²) in [5.41, 5.74) is 5.57. The first-order chi connectivity index (χ1) is 8.09. The van der Waals surface area contributed by atoms with Gasteiger partial charge in [0, 0.05) is 6.54 Å². The van der Waals surface area contributed by atoms with Crippen LogP contribution in [0.2, 0.25) is 5.15 Å². The predicted octanol–water partition coefficient (Wildman–Crippen LogP) is 0.843. The van der Waals surface area contributed by atoms with Crippen molar-refractivity contribution in [3.8, 4) is 5.75 Å². The van der Waals surface area contributed by atoms with Crippen molar-refractivity contribution in [3.05, 3.63) is 11.5 Å². The highest BCUT2D eigenvalue weighted by Crippen LogP contribution is 2.28. The molecular formula is C9H11ClN4O3. The van der Waals surface area contributed by atoms with Crippen LogP contribution >= 0.6 is 11.6 Å². The normalized spacial score (nSPS) is 18.6. The van der Waals surface area contributed by atoms with E-state index < -0.39 is 6.09 Å². The Hall–Kier alpha value is -1.76. The van der Waals surface area contributed by atoms with Crippen molar-refractivity contribution in [1.29, 1.82) is 0 Å². The predicted molar refractivity (Wildman–Crippen MR) is 60.1 cm³/mol. The number of amides is 1. The Morgan fingerprint density at radius 2 is 2.47 bits per heavy atom. The SMILES string of the molecule is Nc1ncnc(Cl)c1OCC1CCN1C(=O)O. The molecule has 0 spiro atoms. The number of hydrogen-bond donors (Lipinski definition) is 2. The summed E-state index contributed by atoms with van der Waals surface area (Å²) in [5.74, 6) is 0.345. The van der Waals surface area contributed by atoms with Crippen molar-refractivity contribution in [2.45, 2.75) is 12.5 Å². The summed E-state index contributed by atoms with van der Waals surface area (Å²) < 4.78 is 5.36. The highest BCUT2D eigenvalue weighted by molar-refractivity contribution is 6.31. The number of ether oxygens (including phenoxy) is 1. The molecule has 1 aliphatic heterocycles. The smallest absolute Gasteiger partial charge is 0.407 e. The minimum Gasteiger partial charge on any atom is -0.485 e. The third-order valence-electron chi connectivity index (χ3n) is 2.60. The average Bonchev–Trinajstić information content (AvgIpc) is 2.19. The lowest BCUT2D eigenvalue weighted by atomic mass is 10.1. The Labute approximate surface area is 102 Å². The van der Waals surface area contributed by atoms with Gasteiger partial charge in [-0.15, -0.1) is 0 Å². The molecule has 1 aromatic rings. The van der Waals surface area contributed by atoms with Gasteiger partial charge in [0.15, 0.2) is 16.7 Å². The van der Waals surface area contributed by atoms with Gasteiger partial charge in [0.2, 0.25) is 0 Å². The summed E-state index contributed by atoms with van der Waals surface area (Å²) in [6.45, 7) is 0.724. The van der Waals surface area contributed by atoms with E-state index in [0.717, 1.165) is 6.42 Å². The van der Waals surface area contributed by atoms with E-state index in [2.05, 4.69) is 9.97 Å². The Morgan fingerprint density at radius 1 is 1.71 bits per heavy atom. The van der Waals surface area contributed by atoms with Crippen LogP contribution in [0.25, 0.3) is 0 Å². The van der Waals surface area contributed by atoms with Crippen molar-refractivity contribution in [2.75, 3.05) is 18.9 Å². The second kappa shape index (κ2) is 4.62. The standard InChI is InChI=1S/C9H11ClN4O3/c10-7-6(8(11)13-4-12-7)17-3-5-1-2-14(5)9(15)16/h4-5H,1-3H2,(H,15,16)(H2,11,12,13). The van der Waals surface area contributed by atoms with Gasteiger partial charge in [-0.1, -0.05) is 11.6 Å². The number of aromatic nitrogens is 2. The van der Waals surface area contributed by atoms with Gasteiger partial charge in [-0.05, 0) is 6.42 Å². The maximum absolute atomic E-state index is 10.7. The number of nitrogens with two attached hydrogens (primary N) is 1. The molecule has 1 unspecified atom stereocenters. The molecule has 1 amide bonds. The summed E-state index contributed by atoms with van der Waals surface area (Å²) >= 11 is 5.79. The van der Waals surface area contributed by atoms with Crippen LogP contribution in [0, 0.1) is 0 Å². The first-order valence-corrected chi connectivity index (χ1v) is 5.35. The van der Waals surface area contributed by atoms with Crippen LogP contribution in [0.3, 0.4) is 0 Å². The molecule has 7 nitrogen and oxygen atoms in total. The van der Waals surface area contributed by atoms with Gasteiger partial charge in [0.1, 0.15) is 12.9 Å². The second-order valence-corrected chi connectivity index (χ2v) is 3.97. The molecular weight excluding hydrogens is 248 g/mol. The molecule has 0 radical (unpaired) electrons. The summed E-state index contributed by atoms with van der Waals surface area (Å²) in [6.07, 6.45) is 1.04. The third-order valence-corrected chi connectivity index (χ3v) is 2.87. The van der Waals surface area contributed by atoms with E-state index in [9.17, 15) is 4.79 Å². The molecule has 2 rings (SSSR count). The second-order valence-electron chi connectivity index (χ2n) is 3.61. The minimum atomic E-state index is -0.951. The first-order valence-electron chi connectivity index (χ1n) is 4.98. The molecule has 17 heavy (non-hydrogen) atoms. The number of likely N-dealkylation sites (tertiary alicyclic amines) is 1. The number of nitrogen functional groups attached to an aromatic ring is 1. The van der Waals surface area contributed by atoms with Crippen LogP contribution in [0.1, 0.15) is 6.42 Å². The highest BCUT2D eigenvalue weighted by atomic mass is 35.5. The molecule has 0 bridgehead atoms. The van der Waals surface area contributed by atoms with E-state index in [1.54, 1.807) is 0 Å². The lowest BCUT2D eigenvalue weighted by Crippen LogP contribution is -2.53. The molecule has 8 heteroatoms. The molecule has 1 aromatic heterocycles. The molecule has 1 fully saturated rings. The molecule has 2 heterocycles. The van der Waals surface area contributed by atoms with E-state index in [-0.39, 0.29) is 29.4 Å². The first kappa shape index (κ1) is 11.7. The fourth-order valence-electron chi connectivity index (χ4n) is 1.54. The van der Waals surface area contributed by atoms with Crippen LogP contribution in [-0.2, 0) is 0 Å². The molecule has 0 aromatic carbocycles. The number of carboxylic acid groups (broad SMARTS) is 1. The zero-order valence-corrected chi connectivity index (χ0v) is 9.59. The van der Waals surface area contributed by atoms with E-state index >= 15 is 0 Å². The topological polar surface area (TPSA) is 102 Å². The lowest BCUT2D eigenvalue weighted by molar-refractivity contribution is 0.0500. The highest BCUT2D eigenvalue weighted by Gasteiger charge is 2.32. The van der Waals surface area contributed by atoms with Crippen molar-refractivity contribution in [3.63, 3.8) is 0 Å². The van der Waals surface area contributed by atoms with E-state index in [4.69, 9.17) is 27.2 Å². The molecule has 1 aliphatic rings. The number of hydrogen-bond acceptors (Lipinski definition) is 5. The van der Waals surface area contributed by atoms with Gasteiger partial charge < -0.3 is 20.5 Å². The van der Waals surface area contributed by atoms with Gasteiger partial charge in [-0.2, -0.15) is 0 Å². The summed E-state index contributed by atoms with van der Waals surface area (Å²) in [6, 6.07) is -0.164. The molecule has 1 atom stereocenters. The summed E-state index contributed by atoms with van der Waals surface area (Å²) in [4.78, 5) is 19.5. The molecule has 0 saturated carbocycles. The van der Waals surface area contributed by atoms with Crippen LogP contribution < -0.4 is 10.5 Å². The third kappa shape index (κ3) is 2.33. The van der Waals surface area contributed by atoms with E-state index in [1.807, 2.05) is 0 Å². The van der Waals surface area contributed by atoms with Crippen LogP contribution in [0.4, 0.5) is 10.6 Å². The average molecular weight is 259 g/mol. The van der Waals surface area contributed by atoms with Gasteiger partial charge in [0.05, 0.1) is 6.04 Å². The Balaban J connectivity index is 1.96. The number of anilines is 1. The zero-order chi connectivity index (χ0) is 12.4. The maximum atomic E-state index is 10.7. The Bertz CT molecular complexity index is 422. The molecule has 92 valence electrons. The Morgan fingerprint density at radius 3 is 3.00 bits per heavy atom. The lowest BCUT2D eigenvalue weighted by Gasteiger charge is -2.38. The summed E-state index contributed by atoms with van der Waals surface area (Å²) in [5, 5.41) is 8.93. The quantitative estimate of drug-likeness (QED) is 0.779. The van der Waals surface area contributed by atoms with Crippen molar-refractivity contribution < 1.29 is 14.6 Å². The van der Waals surface area contributed by atoms with Crippen molar-refractivity contribution >= 4 is 23.5 Å². The largest absolute Gasteiger partial charge is 0.485 e. The number of nitrogens with zero attached hydrogens (tertiary/aromatic N) is 3. The molecule has 1 saturated heterocycles. The Kier molecular flexibility index (Phi) is 3.19. The van der Waals surface area contributed by atoms with E-state index in [1.165, 1.54) is 11.2 Å². The molecule has 0 aliphatic carbocycles. The van der Waals surface area contributed by atoms with Gasteiger partial charge >= 0.3 is 6.09 Å². The van der Waals surface area contributed by atoms with Crippen molar-refractivity contribution in [2.24, 2.45) is 0 Å². The number of halogens is 1. The fraction of sp³-hybridized carbons (Fsp3) is 0.444. The van der Waals surface area contributed by atoms with Crippen LogP contribution in [0.15, 0.2) is 6.33 Å². The van der Waals surface area contributed by atoms with Gasteiger partial charge in [-0.3, -0.25) is 0 Å². The zero-order valence-electron chi connectivity index (χ0n) is 8.84. The van der Waals surface area contributed by atoms with Crippen LogP contribution in [-0.4, -0.2) is 45.3 Å². The van der Waals surface area contributed by atoms with Crippen molar-refractivity contribution in [1.82, 2.24) is 14.9 Å². The van der Waals surface area contributed by atoms with E-state index in [0.29, 0.717) is 6.54 Å². The number of rotatable bonds is 3. The maximum Gasteiger partial charge on any atom is 0.407 e. The van der Waals surface area contributed by atoms with Gasteiger partial charge in [0.25, 0.3) is 0 Å². The molecule has 3 N–H and O–H groups in total. The van der Waals surface area contributed by atoms with Gasteiger partial charge in [-0.25, -0.2) is 14.8 Å². The minimum absolute atomic E-state index is 0.124. The monoisotopic (exact) mass is 258 g/mol. The van der Waals surface area contributed by atoms with Crippen LogP contribution in [0.5, 0.6) is 5.75 Å². The number of carbonyl (C=O) groups is 1. The summed E-state index contributed by atoms with van der Waals surface area (Å²) in [7, 11) is 0.